The molecule has 2 atom stereocenters. The van der Waals surface area contributed by atoms with E-state index in [0.29, 0.717) is 6.61 Å². The normalized spacial score (nSPS) is 20.5. The van der Waals surface area contributed by atoms with Gasteiger partial charge in [-0.3, -0.25) is 0 Å². The van der Waals surface area contributed by atoms with E-state index in [0.717, 1.165) is 16.7 Å². The lowest BCUT2D eigenvalue weighted by molar-refractivity contribution is -0.109. The molecule has 4 rings (SSSR count). The molecule has 25 heavy (non-hydrogen) atoms. The summed E-state index contributed by atoms with van der Waals surface area (Å²) in [6.45, 7) is 0.319. The van der Waals surface area contributed by atoms with Gasteiger partial charge in [-0.05, 0) is 11.1 Å². The highest BCUT2D eigenvalue weighted by atomic mass is 16.7. The van der Waals surface area contributed by atoms with Crippen molar-refractivity contribution in [1.82, 2.24) is 0 Å². The highest BCUT2D eigenvalue weighted by Crippen LogP contribution is 2.40. The minimum absolute atomic E-state index is 0.319. The Bertz CT molecular complexity index is 763. The Morgan fingerprint density at radius 2 is 1.20 bits per heavy atom. The third-order valence-electron chi connectivity index (χ3n) is 4.65. The molecule has 2 unspecified atom stereocenters. The molecule has 1 aliphatic rings. The Balaban J connectivity index is 1.71. The van der Waals surface area contributed by atoms with Crippen molar-refractivity contribution >= 4 is 0 Å². The lowest BCUT2D eigenvalue weighted by Crippen LogP contribution is -2.42. The minimum atomic E-state index is -1.27. The zero-order valence-corrected chi connectivity index (χ0v) is 13.8. The smallest absolute Gasteiger partial charge is 0.184 e. The van der Waals surface area contributed by atoms with E-state index in [4.69, 9.17) is 9.47 Å². The number of hydrogen-bond acceptors (Lipinski definition) is 3. The Labute approximate surface area is 147 Å². The molecule has 0 amide bonds. The molecule has 1 heterocycles. The van der Waals surface area contributed by atoms with Crippen molar-refractivity contribution in [3.63, 3.8) is 0 Å². The summed E-state index contributed by atoms with van der Waals surface area (Å²) >= 11 is 0. The average Bonchev–Trinajstić information content (AvgIpc) is 3.20. The van der Waals surface area contributed by atoms with Crippen molar-refractivity contribution in [2.24, 2.45) is 0 Å². The first-order valence-corrected chi connectivity index (χ1v) is 8.44. The zero-order valence-electron chi connectivity index (χ0n) is 13.8. The predicted molar refractivity (Wildman–Crippen MR) is 95.9 cm³/mol. The minimum Gasteiger partial charge on any atom is -0.378 e. The summed E-state index contributed by atoms with van der Waals surface area (Å²) in [5, 5.41) is 11.7. The molecule has 3 aromatic carbocycles. The van der Waals surface area contributed by atoms with E-state index in [9.17, 15) is 5.11 Å². The average molecular weight is 332 g/mol. The molecule has 0 spiro atoms. The van der Waals surface area contributed by atoms with Crippen LogP contribution >= 0.6 is 0 Å². The molecule has 1 N–H and O–H groups in total. The SMILES string of the molecule is OC(c1ccccc1)(c1ccccc1)C1COC(c2ccccc2)O1. The van der Waals surface area contributed by atoms with Crippen LogP contribution in [0.15, 0.2) is 91.0 Å². The number of hydrogen-bond donors (Lipinski definition) is 1. The topological polar surface area (TPSA) is 38.7 Å². The van der Waals surface area contributed by atoms with E-state index >= 15 is 0 Å². The fraction of sp³-hybridized carbons (Fsp3) is 0.182. The van der Waals surface area contributed by atoms with Crippen LogP contribution in [-0.2, 0) is 15.1 Å². The molecule has 126 valence electrons. The highest BCUT2D eigenvalue weighted by Gasteiger charge is 2.46. The van der Waals surface area contributed by atoms with Gasteiger partial charge < -0.3 is 14.6 Å². The monoisotopic (exact) mass is 332 g/mol. The quantitative estimate of drug-likeness (QED) is 0.784. The molecule has 1 fully saturated rings. The van der Waals surface area contributed by atoms with E-state index in [1.54, 1.807) is 0 Å². The Morgan fingerprint density at radius 1 is 0.720 bits per heavy atom. The van der Waals surface area contributed by atoms with Crippen molar-refractivity contribution in [3.8, 4) is 0 Å². The van der Waals surface area contributed by atoms with Gasteiger partial charge in [0.15, 0.2) is 6.29 Å². The molecule has 3 aromatic rings. The van der Waals surface area contributed by atoms with Gasteiger partial charge in [0.1, 0.15) is 11.7 Å². The first-order valence-electron chi connectivity index (χ1n) is 8.44. The fourth-order valence-electron chi connectivity index (χ4n) is 3.33. The molecule has 0 aliphatic carbocycles. The molecule has 1 saturated heterocycles. The standard InChI is InChI=1S/C22H20O3/c23-22(18-12-6-2-7-13-18,19-14-8-3-9-15-19)20-16-24-21(25-20)17-10-4-1-5-11-17/h1-15,20-21,23H,16H2. The lowest BCUT2D eigenvalue weighted by Gasteiger charge is -2.33. The van der Waals surface area contributed by atoms with Gasteiger partial charge in [-0.25, -0.2) is 0 Å². The molecular weight excluding hydrogens is 312 g/mol. The highest BCUT2D eigenvalue weighted by molar-refractivity contribution is 5.38. The number of ether oxygens (including phenoxy) is 2. The second-order valence-electron chi connectivity index (χ2n) is 6.20. The lowest BCUT2D eigenvalue weighted by atomic mass is 9.82. The van der Waals surface area contributed by atoms with Crippen molar-refractivity contribution in [1.29, 1.82) is 0 Å². The summed E-state index contributed by atoms with van der Waals surface area (Å²) in [5.74, 6) is 0. The first-order chi connectivity index (χ1) is 12.3. The summed E-state index contributed by atoms with van der Waals surface area (Å²) in [5.41, 5.74) is 1.27. The van der Waals surface area contributed by atoms with Crippen LogP contribution in [0, 0.1) is 0 Å². The second-order valence-corrected chi connectivity index (χ2v) is 6.20. The van der Waals surface area contributed by atoms with Gasteiger partial charge in [0.25, 0.3) is 0 Å². The fourth-order valence-corrected chi connectivity index (χ4v) is 3.33. The summed E-state index contributed by atoms with van der Waals surface area (Å²) in [4.78, 5) is 0. The first kappa shape index (κ1) is 16.0. The number of aliphatic hydroxyl groups is 1. The van der Waals surface area contributed by atoms with Gasteiger partial charge in [-0.15, -0.1) is 0 Å². The van der Waals surface area contributed by atoms with E-state index in [1.165, 1.54) is 0 Å². The van der Waals surface area contributed by atoms with E-state index < -0.39 is 18.0 Å². The molecule has 3 nitrogen and oxygen atoms in total. The van der Waals surface area contributed by atoms with Crippen LogP contribution in [0.25, 0.3) is 0 Å². The number of benzene rings is 3. The van der Waals surface area contributed by atoms with Gasteiger partial charge in [-0.2, -0.15) is 0 Å². The summed E-state index contributed by atoms with van der Waals surface area (Å²) in [6, 6.07) is 29.1. The van der Waals surface area contributed by atoms with Crippen LogP contribution in [0.2, 0.25) is 0 Å². The van der Waals surface area contributed by atoms with Gasteiger partial charge in [-0.1, -0.05) is 91.0 Å². The Kier molecular flexibility index (Phi) is 4.36. The van der Waals surface area contributed by atoms with Crippen molar-refractivity contribution in [2.45, 2.75) is 18.0 Å². The van der Waals surface area contributed by atoms with Crippen LogP contribution in [0.3, 0.4) is 0 Å². The Morgan fingerprint density at radius 3 is 1.72 bits per heavy atom. The second kappa shape index (κ2) is 6.81. The van der Waals surface area contributed by atoms with Gasteiger partial charge in [0.2, 0.25) is 0 Å². The maximum atomic E-state index is 11.7. The molecule has 0 bridgehead atoms. The molecule has 0 saturated carbocycles. The summed E-state index contributed by atoms with van der Waals surface area (Å²) < 4.78 is 12.0. The molecular formula is C22H20O3. The van der Waals surface area contributed by atoms with Crippen molar-refractivity contribution < 1.29 is 14.6 Å². The predicted octanol–water partition coefficient (Wildman–Crippen LogP) is 4.04. The molecule has 0 radical (unpaired) electrons. The molecule has 3 heteroatoms. The third kappa shape index (κ3) is 2.98. The molecule has 0 aromatic heterocycles. The third-order valence-corrected chi connectivity index (χ3v) is 4.65. The van der Waals surface area contributed by atoms with Gasteiger partial charge in [0, 0.05) is 5.56 Å². The molecule has 1 aliphatic heterocycles. The van der Waals surface area contributed by atoms with E-state index in [-0.39, 0.29) is 0 Å². The number of rotatable bonds is 4. The van der Waals surface area contributed by atoms with Crippen LogP contribution < -0.4 is 0 Å². The van der Waals surface area contributed by atoms with Crippen LogP contribution in [0.4, 0.5) is 0 Å². The van der Waals surface area contributed by atoms with Crippen molar-refractivity contribution in [2.75, 3.05) is 6.61 Å². The maximum Gasteiger partial charge on any atom is 0.184 e. The largest absolute Gasteiger partial charge is 0.378 e. The summed E-state index contributed by atoms with van der Waals surface area (Å²) in [7, 11) is 0. The summed E-state index contributed by atoms with van der Waals surface area (Å²) in [6.07, 6.45) is -0.965. The van der Waals surface area contributed by atoms with Crippen LogP contribution in [-0.4, -0.2) is 17.8 Å². The van der Waals surface area contributed by atoms with Crippen LogP contribution in [0.1, 0.15) is 23.0 Å². The van der Waals surface area contributed by atoms with Gasteiger partial charge in [0.05, 0.1) is 6.61 Å². The van der Waals surface area contributed by atoms with Crippen LogP contribution in [0.5, 0.6) is 0 Å². The zero-order chi connectivity index (χ0) is 17.1. The Hall–Kier alpha value is -2.46. The van der Waals surface area contributed by atoms with Crippen molar-refractivity contribution in [3.05, 3.63) is 108 Å². The van der Waals surface area contributed by atoms with E-state index in [2.05, 4.69) is 0 Å². The van der Waals surface area contributed by atoms with E-state index in [1.807, 2.05) is 91.0 Å². The maximum absolute atomic E-state index is 11.7. The van der Waals surface area contributed by atoms with Gasteiger partial charge >= 0.3 is 0 Å².